The number of carboxylic acid groups (broad SMARTS) is 1. The van der Waals surface area contributed by atoms with E-state index >= 15 is 0 Å². The molecule has 1 fully saturated rings. The molecule has 0 saturated carbocycles. The van der Waals surface area contributed by atoms with E-state index in [1.165, 1.54) is 30.2 Å². The lowest BCUT2D eigenvalue weighted by atomic mass is 10.1. The topological polar surface area (TPSA) is 99.9 Å². The molecule has 1 atom stereocenters. The third kappa shape index (κ3) is 3.93. The van der Waals surface area contributed by atoms with Gasteiger partial charge in [0.2, 0.25) is 5.91 Å². The average Bonchev–Trinajstić information content (AvgIpc) is 3.23. The molecule has 2 amide bonds. The van der Waals surface area contributed by atoms with Gasteiger partial charge in [0.05, 0.1) is 22.4 Å². The van der Waals surface area contributed by atoms with Crippen molar-refractivity contribution < 1.29 is 23.9 Å². The molecule has 27 heavy (non-hydrogen) atoms. The Morgan fingerprint density at radius 2 is 2.04 bits per heavy atom. The minimum absolute atomic E-state index is 0.0406. The van der Waals surface area contributed by atoms with Crippen molar-refractivity contribution in [3.05, 3.63) is 58.9 Å². The normalized spacial score (nSPS) is 16.6. The van der Waals surface area contributed by atoms with E-state index in [1.807, 2.05) is 0 Å². The highest BCUT2D eigenvalue weighted by atomic mass is 32.2. The summed E-state index contributed by atoms with van der Waals surface area (Å²) >= 11 is 6.32. The van der Waals surface area contributed by atoms with Crippen molar-refractivity contribution in [3.63, 3.8) is 0 Å². The van der Waals surface area contributed by atoms with Crippen LogP contribution in [0.3, 0.4) is 0 Å². The Morgan fingerprint density at radius 3 is 2.70 bits per heavy atom. The zero-order valence-corrected chi connectivity index (χ0v) is 15.7. The second kappa shape index (κ2) is 7.77. The molecule has 138 valence electrons. The number of para-hydroxylation sites is 1. The monoisotopic (exact) mass is 402 g/mol. The minimum Gasteiger partial charge on any atom is -0.478 e. The molecule has 0 bridgehead atoms. The Labute approximate surface area is 164 Å². The first-order valence-corrected chi connectivity index (χ1v) is 9.04. The van der Waals surface area contributed by atoms with E-state index in [1.54, 1.807) is 30.3 Å². The maximum atomic E-state index is 12.6. The number of furan rings is 1. The molecule has 0 unspecified atom stereocenters. The number of thiocarbonyl (C=S) groups is 1. The van der Waals surface area contributed by atoms with Gasteiger partial charge >= 0.3 is 5.97 Å². The Hall–Kier alpha value is -2.91. The molecular formula is C18H14N2O5S2. The van der Waals surface area contributed by atoms with Crippen LogP contribution in [0, 0.1) is 0 Å². The Kier molecular flexibility index (Phi) is 5.43. The smallest absolute Gasteiger partial charge is 0.337 e. The number of nitrogens with one attached hydrogen (secondary N) is 1. The van der Waals surface area contributed by atoms with Gasteiger partial charge in [0.25, 0.3) is 5.91 Å². The molecule has 1 aliphatic heterocycles. The van der Waals surface area contributed by atoms with Gasteiger partial charge < -0.3 is 14.8 Å². The fourth-order valence-electron chi connectivity index (χ4n) is 2.45. The molecule has 2 heterocycles. The maximum Gasteiger partial charge on any atom is 0.337 e. The molecular weight excluding hydrogens is 388 g/mol. The lowest BCUT2D eigenvalue weighted by molar-refractivity contribution is -0.129. The van der Waals surface area contributed by atoms with E-state index in [-0.39, 0.29) is 15.6 Å². The number of hydrogen-bond donors (Lipinski definition) is 2. The fraction of sp³-hybridized carbons (Fsp3) is 0.111. The van der Waals surface area contributed by atoms with Crippen molar-refractivity contribution in [1.29, 1.82) is 0 Å². The van der Waals surface area contributed by atoms with Crippen molar-refractivity contribution in [1.82, 2.24) is 4.90 Å². The summed E-state index contributed by atoms with van der Waals surface area (Å²) in [5.41, 5.74) is 0.111. The van der Waals surface area contributed by atoms with Crippen LogP contribution in [0.2, 0.25) is 0 Å². The Balaban J connectivity index is 1.78. The summed E-state index contributed by atoms with van der Waals surface area (Å²) in [6.45, 7) is 1.53. The number of amides is 2. The first-order chi connectivity index (χ1) is 12.9. The highest BCUT2D eigenvalue weighted by Gasteiger charge is 2.38. The van der Waals surface area contributed by atoms with Crippen LogP contribution in [0.4, 0.5) is 5.69 Å². The van der Waals surface area contributed by atoms with Crippen molar-refractivity contribution in [2.45, 2.75) is 13.0 Å². The summed E-state index contributed by atoms with van der Waals surface area (Å²) in [6.07, 6.45) is 3.05. The maximum absolute atomic E-state index is 12.6. The number of rotatable bonds is 5. The van der Waals surface area contributed by atoms with Crippen LogP contribution in [0.15, 0.2) is 52.0 Å². The van der Waals surface area contributed by atoms with Crippen molar-refractivity contribution in [3.8, 4) is 0 Å². The molecule has 1 aromatic carbocycles. The molecule has 2 N–H and O–H groups in total. The van der Waals surface area contributed by atoms with E-state index in [0.29, 0.717) is 10.7 Å². The van der Waals surface area contributed by atoms with Gasteiger partial charge in [-0.15, -0.1) is 0 Å². The van der Waals surface area contributed by atoms with E-state index in [9.17, 15) is 19.5 Å². The van der Waals surface area contributed by atoms with Gasteiger partial charge in [0.15, 0.2) is 0 Å². The SMILES string of the molecule is C[C@H](C(=O)Nc1ccccc1C(=O)O)N1C(=O)/C(=C\c2ccco2)SC1=S. The van der Waals surface area contributed by atoms with E-state index in [0.717, 1.165) is 11.8 Å². The van der Waals surface area contributed by atoms with Crippen LogP contribution < -0.4 is 5.32 Å². The third-order valence-electron chi connectivity index (χ3n) is 3.82. The van der Waals surface area contributed by atoms with Gasteiger partial charge in [-0.3, -0.25) is 14.5 Å². The molecule has 0 aliphatic carbocycles. The van der Waals surface area contributed by atoms with Gasteiger partial charge in [-0.1, -0.05) is 36.1 Å². The van der Waals surface area contributed by atoms with Gasteiger partial charge in [-0.2, -0.15) is 0 Å². The summed E-state index contributed by atoms with van der Waals surface area (Å²) in [5.74, 6) is -1.61. The van der Waals surface area contributed by atoms with E-state index < -0.39 is 23.8 Å². The molecule has 9 heteroatoms. The van der Waals surface area contributed by atoms with Crippen LogP contribution in [0.25, 0.3) is 6.08 Å². The molecule has 2 aromatic rings. The first-order valence-electron chi connectivity index (χ1n) is 7.82. The lowest BCUT2D eigenvalue weighted by Gasteiger charge is -2.22. The first kappa shape index (κ1) is 18.9. The average molecular weight is 402 g/mol. The molecule has 7 nitrogen and oxygen atoms in total. The largest absolute Gasteiger partial charge is 0.478 e. The van der Waals surface area contributed by atoms with Crippen molar-refractivity contribution in [2.24, 2.45) is 0 Å². The van der Waals surface area contributed by atoms with Gasteiger partial charge in [0, 0.05) is 6.08 Å². The van der Waals surface area contributed by atoms with E-state index in [4.69, 9.17) is 16.6 Å². The molecule has 0 radical (unpaired) electrons. The molecule has 1 saturated heterocycles. The Bertz CT molecular complexity index is 952. The molecule has 0 spiro atoms. The fourth-order valence-corrected chi connectivity index (χ4v) is 3.85. The minimum atomic E-state index is -1.16. The summed E-state index contributed by atoms with van der Waals surface area (Å²) in [5, 5.41) is 11.8. The quantitative estimate of drug-likeness (QED) is 0.585. The molecule has 1 aliphatic rings. The van der Waals surface area contributed by atoms with Crippen LogP contribution in [-0.4, -0.2) is 38.2 Å². The predicted molar refractivity (Wildman–Crippen MR) is 105 cm³/mol. The van der Waals surface area contributed by atoms with E-state index in [2.05, 4.69) is 5.32 Å². The summed E-state index contributed by atoms with van der Waals surface area (Å²) in [4.78, 5) is 38.1. The van der Waals surface area contributed by atoms with Crippen LogP contribution >= 0.6 is 24.0 Å². The van der Waals surface area contributed by atoms with Crippen LogP contribution in [0.1, 0.15) is 23.0 Å². The second-order valence-corrected chi connectivity index (χ2v) is 7.26. The molecule has 1 aromatic heterocycles. The number of carboxylic acids is 1. The standard InChI is InChI=1S/C18H14N2O5S2/c1-10(15(21)19-13-7-3-2-6-12(13)17(23)24)20-16(22)14(27-18(20)26)9-11-5-4-8-25-11/h2-10H,1H3,(H,19,21)(H,23,24)/b14-9+/t10-/m1/s1. The highest BCUT2D eigenvalue weighted by molar-refractivity contribution is 8.26. The highest BCUT2D eigenvalue weighted by Crippen LogP contribution is 2.34. The number of benzene rings is 1. The van der Waals surface area contributed by atoms with Gasteiger partial charge in [-0.05, 0) is 31.2 Å². The number of aromatic carboxylic acids is 1. The second-order valence-electron chi connectivity index (χ2n) is 5.58. The van der Waals surface area contributed by atoms with Crippen LogP contribution in [0.5, 0.6) is 0 Å². The van der Waals surface area contributed by atoms with Crippen molar-refractivity contribution in [2.75, 3.05) is 5.32 Å². The van der Waals surface area contributed by atoms with Gasteiger partial charge in [0.1, 0.15) is 16.1 Å². The van der Waals surface area contributed by atoms with Gasteiger partial charge in [-0.25, -0.2) is 4.79 Å². The summed E-state index contributed by atoms with van der Waals surface area (Å²) in [6, 6.07) is 8.52. The summed E-state index contributed by atoms with van der Waals surface area (Å²) in [7, 11) is 0. The number of nitrogens with zero attached hydrogens (tertiary/aromatic N) is 1. The van der Waals surface area contributed by atoms with Crippen LogP contribution in [-0.2, 0) is 9.59 Å². The lowest BCUT2D eigenvalue weighted by Crippen LogP contribution is -2.44. The number of hydrogen-bond acceptors (Lipinski definition) is 6. The Morgan fingerprint density at radius 1 is 1.30 bits per heavy atom. The summed E-state index contributed by atoms with van der Waals surface area (Å²) < 4.78 is 5.44. The zero-order valence-electron chi connectivity index (χ0n) is 14.0. The third-order valence-corrected chi connectivity index (χ3v) is 5.15. The number of anilines is 1. The zero-order chi connectivity index (χ0) is 19.6. The number of carbonyl (C=O) groups is 3. The number of carbonyl (C=O) groups excluding carboxylic acids is 2. The number of thioether (sulfide) groups is 1. The predicted octanol–water partition coefficient (Wildman–Crippen LogP) is 3.21. The molecule has 3 rings (SSSR count). The van der Waals surface area contributed by atoms with Crippen molar-refractivity contribution >= 4 is 57.8 Å².